The van der Waals surface area contributed by atoms with Crippen molar-refractivity contribution in [1.29, 1.82) is 5.26 Å². The van der Waals surface area contributed by atoms with Gasteiger partial charge in [0, 0.05) is 6.42 Å². The molecule has 2 aromatic rings. The predicted octanol–water partition coefficient (Wildman–Crippen LogP) is 0.610. The number of nitrogens with zero attached hydrogens (tertiary/aromatic N) is 5. The highest BCUT2D eigenvalue weighted by Crippen LogP contribution is 2.07. The summed E-state index contributed by atoms with van der Waals surface area (Å²) >= 11 is 0. The van der Waals surface area contributed by atoms with E-state index in [1.54, 1.807) is 22.9 Å². The number of aryl methyl sites for hydroxylation is 1. The molecule has 7 nitrogen and oxygen atoms in total. The number of rotatable bonds is 5. The van der Waals surface area contributed by atoms with E-state index in [-0.39, 0.29) is 12.8 Å². The van der Waals surface area contributed by atoms with Crippen molar-refractivity contribution in [2.75, 3.05) is 0 Å². The molecule has 1 N–H and O–H groups in total. The molecule has 7 heteroatoms. The number of aliphatic carboxylic acids is 1. The van der Waals surface area contributed by atoms with Crippen molar-refractivity contribution in [1.82, 2.24) is 20.2 Å². The first-order valence-electron chi connectivity index (χ1n) is 5.65. The number of carbonyl (C=O) groups is 1. The smallest absolute Gasteiger partial charge is 0.303 e. The quantitative estimate of drug-likeness (QED) is 0.841. The second-order valence-electron chi connectivity index (χ2n) is 3.96. The second kappa shape index (κ2) is 5.73. The SMILES string of the molecule is N#Cc1cccc(Cn2nnnc2CCC(=O)O)c1. The Kier molecular flexibility index (Phi) is 3.83. The van der Waals surface area contributed by atoms with E-state index in [0.717, 1.165) is 5.56 Å². The molecule has 1 aromatic carbocycles. The Bertz CT molecular complexity index is 629. The summed E-state index contributed by atoms with van der Waals surface area (Å²) in [6, 6.07) is 9.18. The third-order valence-electron chi connectivity index (χ3n) is 2.56. The van der Waals surface area contributed by atoms with E-state index in [0.29, 0.717) is 17.9 Å². The van der Waals surface area contributed by atoms with Crippen LogP contribution in [0.25, 0.3) is 0 Å². The molecular weight excluding hydrogens is 246 g/mol. The van der Waals surface area contributed by atoms with E-state index in [1.165, 1.54) is 0 Å². The van der Waals surface area contributed by atoms with Crippen molar-refractivity contribution in [2.24, 2.45) is 0 Å². The van der Waals surface area contributed by atoms with E-state index in [2.05, 4.69) is 21.6 Å². The number of benzene rings is 1. The number of carboxylic acid groups (broad SMARTS) is 1. The molecular formula is C12H11N5O2. The van der Waals surface area contributed by atoms with Crippen LogP contribution in [-0.2, 0) is 17.8 Å². The van der Waals surface area contributed by atoms with Gasteiger partial charge in [0.05, 0.1) is 24.6 Å². The van der Waals surface area contributed by atoms with Crippen LogP contribution in [0.2, 0.25) is 0 Å². The molecule has 2 rings (SSSR count). The summed E-state index contributed by atoms with van der Waals surface area (Å²) in [4.78, 5) is 10.5. The molecule has 0 unspecified atom stereocenters. The molecule has 0 atom stereocenters. The first kappa shape index (κ1) is 12.7. The van der Waals surface area contributed by atoms with Gasteiger partial charge in [-0.25, -0.2) is 4.68 Å². The largest absolute Gasteiger partial charge is 0.481 e. The Morgan fingerprint density at radius 2 is 2.32 bits per heavy atom. The number of aromatic nitrogens is 4. The number of carboxylic acids is 1. The number of nitriles is 1. The molecule has 0 saturated heterocycles. The molecule has 96 valence electrons. The minimum Gasteiger partial charge on any atom is -0.481 e. The minimum atomic E-state index is -0.888. The highest BCUT2D eigenvalue weighted by atomic mass is 16.4. The van der Waals surface area contributed by atoms with Gasteiger partial charge in [0.2, 0.25) is 0 Å². The van der Waals surface area contributed by atoms with Crippen molar-refractivity contribution in [3.05, 3.63) is 41.2 Å². The van der Waals surface area contributed by atoms with Gasteiger partial charge in [-0.15, -0.1) is 5.10 Å². The van der Waals surface area contributed by atoms with Crippen LogP contribution in [0.4, 0.5) is 0 Å². The fourth-order valence-corrected chi connectivity index (χ4v) is 1.66. The second-order valence-corrected chi connectivity index (χ2v) is 3.96. The van der Waals surface area contributed by atoms with Crippen molar-refractivity contribution in [2.45, 2.75) is 19.4 Å². The zero-order valence-corrected chi connectivity index (χ0v) is 10.0. The lowest BCUT2D eigenvalue weighted by atomic mass is 10.1. The third-order valence-corrected chi connectivity index (χ3v) is 2.56. The van der Waals surface area contributed by atoms with Crippen molar-refractivity contribution in [3.63, 3.8) is 0 Å². The summed E-state index contributed by atoms with van der Waals surface area (Å²) in [5, 5.41) is 28.6. The van der Waals surface area contributed by atoms with E-state index in [1.807, 2.05) is 6.07 Å². The van der Waals surface area contributed by atoms with Crippen molar-refractivity contribution in [3.8, 4) is 6.07 Å². The van der Waals surface area contributed by atoms with Gasteiger partial charge >= 0.3 is 5.97 Å². The highest BCUT2D eigenvalue weighted by Gasteiger charge is 2.09. The summed E-state index contributed by atoms with van der Waals surface area (Å²) in [7, 11) is 0. The van der Waals surface area contributed by atoms with Gasteiger partial charge < -0.3 is 5.11 Å². The van der Waals surface area contributed by atoms with E-state index < -0.39 is 5.97 Å². The Morgan fingerprint density at radius 3 is 3.05 bits per heavy atom. The Hall–Kier alpha value is -2.75. The fraction of sp³-hybridized carbons (Fsp3) is 0.250. The molecule has 0 spiro atoms. The van der Waals surface area contributed by atoms with Crippen molar-refractivity contribution >= 4 is 5.97 Å². The average Bonchev–Trinajstić information content (AvgIpc) is 2.84. The zero-order chi connectivity index (χ0) is 13.7. The van der Waals surface area contributed by atoms with Crippen LogP contribution >= 0.6 is 0 Å². The van der Waals surface area contributed by atoms with Crippen LogP contribution in [-0.4, -0.2) is 31.3 Å². The maximum atomic E-state index is 10.5. The van der Waals surface area contributed by atoms with Gasteiger partial charge in [0.1, 0.15) is 0 Å². The maximum absolute atomic E-state index is 10.5. The van der Waals surface area contributed by atoms with E-state index >= 15 is 0 Å². The predicted molar refractivity (Wildman–Crippen MR) is 64.0 cm³/mol. The van der Waals surface area contributed by atoms with E-state index in [9.17, 15) is 4.79 Å². The molecule has 0 saturated carbocycles. The highest BCUT2D eigenvalue weighted by molar-refractivity contribution is 5.66. The number of tetrazole rings is 1. The first-order chi connectivity index (χ1) is 9.19. The first-order valence-corrected chi connectivity index (χ1v) is 5.65. The molecule has 0 bridgehead atoms. The summed E-state index contributed by atoms with van der Waals surface area (Å²) in [5.74, 6) is -0.370. The van der Waals surface area contributed by atoms with Crippen LogP contribution in [0.3, 0.4) is 0 Å². The van der Waals surface area contributed by atoms with Gasteiger partial charge in [-0.05, 0) is 28.1 Å². The Labute approximate surface area is 109 Å². The van der Waals surface area contributed by atoms with Crippen LogP contribution in [0.15, 0.2) is 24.3 Å². The molecule has 0 amide bonds. The topological polar surface area (TPSA) is 105 Å². The Balaban J connectivity index is 2.12. The van der Waals surface area contributed by atoms with Crippen LogP contribution < -0.4 is 0 Å². The van der Waals surface area contributed by atoms with Crippen LogP contribution in [0.5, 0.6) is 0 Å². The number of hydrogen-bond donors (Lipinski definition) is 1. The summed E-state index contributed by atoms with van der Waals surface area (Å²) in [6.07, 6.45) is 0.263. The average molecular weight is 257 g/mol. The van der Waals surface area contributed by atoms with Gasteiger partial charge in [0.15, 0.2) is 5.82 Å². The lowest BCUT2D eigenvalue weighted by Crippen LogP contribution is -2.09. The molecule has 19 heavy (non-hydrogen) atoms. The van der Waals surface area contributed by atoms with E-state index in [4.69, 9.17) is 10.4 Å². The molecule has 1 heterocycles. The molecule has 0 fully saturated rings. The monoisotopic (exact) mass is 257 g/mol. The van der Waals surface area contributed by atoms with Crippen molar-refractivity contribution < 1.29 is 9.90 Å². The minimum absolute atomic E-state index is 0.0153. The Morgan fingerprint density at radius 1 is 1.47 bits per heavy atom. The third kappa shape index (κ3) is 3.35. The van der Waals surface area contributed by atoms with Gasteiger partial charge in [-0.1, -0.05) is 12.1 Å². The summed E-state index contributed by atoms with van der Waals surface area (Å²) < 4.78 is 1.54. The van der Waals surface area contributed by atoms with Crippen LogP contribution in [0.1, 0.15) is 23.4 Å². The lowest BCUT2D eigenvalue weighted by molar-refractivity contribution is -0.137. The van der Waals surface area contributed by atoms with Gasteiger partial charge in [0.25, 0.3) is 0 Å². The standard InChI is InChI=1S/C12H11N5O2/c13-7-9-2-1-3-10(6-9)8-17-11(14-15-16-17)4-5-12(18)19/h1-3,6H,4-5,8H2,(H,18,19). The van der Waals surface area contributed by atoms with Crippen LogP contribution in [0, 0.1) is 11.3 Å². The molecule has 0 aliphatic rings. The zero-order valence-electron chi connectivity index (χ0n) is 10.0. The summed E-state index contributed by atoms with van der Waals surface area (Å²) in [6.45, 7) is 0.414. The van der Waals surface area contributed by atoms with Gasteiger partial charge in [-0.2, -0.15) is 5.26 Å². The fourth-order valence-electron chi connectivity index (χ4n) is 1.66. The molecule has 0 aliphatic carbocycles. The lowest BCUT2D eigenvalue weighted by Gasteiger charge is -2.04. The number of hydrogen-bond acceptors (Lipinski definition) is 5. The molecule has 1 aromatic heterocycles. The molecule has 0 radical (unpaired) electrons. The normalized spacial score (nSPS) is 10.1. The molecule has 0 aliphatic heterocycles. The summed E-state index contributed by atoms with van der Waals surface area (Å²) in [5.41, 5.74) is 1.46. The maximum Gasteiger partial charge on any atom is 0.303 e. The van der Waals surface area contributed by atoms with Gasteiger partial charge in [-0.3, -0.25) is 4.79 Å².